The molecule has 1 aromatic carbocycles. The fourth-order valence-corrected chi connectivity index (χ4v) is 4.20. The maximum absolute atomic E-state index is 15.4. The molecule has 0 saturated carbocycles. The van der Waals surface area contributed by atoms with Gasteiger partial charge in [0.1, 0.15) is 24.2 Å². The monoisotopic (exact) mass is 453 g/mol. The first-order valence-corrected chi connectivity index (χ1v) is 10.9. The first kappa shape index (κ1) is 21.2. The van der Waals surface area contributed by atoms with Crippen molar-refractivity contribution in [1.82, 2.24) is 9.97 Å². The van der Waals surface area contributed by atoms with Crippen molar-refractivity contribution in [2.75, 3.05) is 42.7 Å². The summed E-state index contributed by atoms with van der Waals surface area (Å²) in [6.45, 7) is 4.12. The van der Waals surface area contributed by atoms with Crippen LogP contribution in [-0.2, 0) is 15.9 Å². The van der Waals surface area contributed by atoms with Crippen molar-refractivity contribution in [2.45, 2.75) is 25.9 Å². The number of carbonyl (C=O) groups excluding carboxylic acids is 1. The Kier molecular flexibility index (Phi) is 5.59. The molecule has 5 rings (SSSR count). The number of benzene rings is 1. The summed E-state index contributed by atoms with van der Waals surface area (Å²) in [5, 5.41) is 6.99. The number of nitrogens with one attached hydrogen (secondary N) is 2. The molecule has 4 heterocycles. The van der Waals surface area contributed by atoms with Crippen LogP contribution in [0.3, 0.4) is 0 Å². The fourth-order valence-electron chi connectivity index (χ4n) is 4.20. The Morgan fingerprint density at radius 1 is 1.30 bits per heavy atom. The number of hydrogen-bond donors (Lipinski definition) is 3. The molecule has 10 heteroatoms. The Balaban J connectivity index is 1.52. The summed E-state index contributed by atoms with van der Waals surface area (Å²) < 4.78 is 31.5. The normalized spacial score (nSPS) is 17.2. The van der Waals surface area contributed by atoms with Gasteiger partial charge in [0.05, 0.1) is 18.9 Å². The van der Waals surface area contributed by atoms with Gasteiger partial charge in [-0.05, 0) is 29.5 Å². The summed E-state index contributed by atoms with van der Waals surface area (Å²) in [6, 6.07) is 3.33. The van der Waals surface area contributed by atoms with Crippen molar-refractivity contribution >= 4 is 34.1 Å². The van der Waals surface area contributed by atoms with Crippen molar-refractivity contribution in [3.05, 3.63) is 35.9 Å². The average Bonchev–Trinajstić information content (AvgIpc) is 3.33. The number of nitrogens with zero attached hydrogens (tertiary/aromatic N) is 2. The number of rotatable bonds is 4. The molecular weight excluding hydrogens is 429 g/mol. The van der Waals surface area contributed by atoms with Crippen molar-refractivity contribution in [2.24, 2.45) is 0 Å². The molecule has 4 N–H and O–H groups in total. The second-order valence-electron chi connectivity index (χ2n) is 7.92. The number of fused-ring (bicyclic) bond motifs is 2. The van der Waals surface area contributed by atoms with Crippen LogP contribution >= 0.6 is 0 Å². The Labute approximate surface area is 189 Å². The van der Waals surface area contributed by atoms with Crippen LogP contribution in [0.5, 0.6) is 5.88 Å². The summed E-state index contributed by atoms with van der Waals surface area (Å²) >= 11 is 0. The van der Waals surface area contributed by atoms with E-state index in [0.717, 1.165) is 11.3 Å². The highest BCUT2D eigenvalue weighted by atomic mass is 19.1. The maximum atomic E-state index is 15.4. The largest absolute Gasteiger partial charge is 0.474 e. The van der Waals surface area contributed by atoms with Gasteiger partial charge in [-0.2, -0.15) is 0 Å². The molecule has 0 aliphatic carbocycles. The highest BCUT2D eigenvalue weighted by molar-refractivity contribution is 5.99. The van der Waals surface area contributed by atoms with Crippen LogP contribution in [0.4, 0.5) is 26.4 Å². The Morgan fingerprint density at radius 3 is 2.97 bits per heavy atom. The molecule has 2 aliphatic heterocycles. The molecule has 9 nitrogen and oxygen atoms in total. The lowest BCUT2D eigenvalue weighted by atomic mass is 9.95. The number of nitrogen functional groups attached to an aromatic ring is 1. The average molecular weight is 453 g/mol. The van der Waals surface area contributed by atoms with E-state index in [4.69, 9.17) is 19.9 Å². The molecule has 3 aromatic rings. The van der Waals surface area contributed by atoms with Crippen molar-refractivity contribution in [3.63, 3.8) is 0 Å². The number of carbonyl (C=O) groups is 1. The summed E-state index contributed by atoms with van der Waals surface area (Å²) in [7, 11) is 0. The third-order valence-corrected chi connectivity index (χ3v) is 5.83. The van der Waals surface area contributed by atoms with Gasteiger partial charge in [0.2, 0.25) is 5.88 Å². The number of halogens is 1. The first-order valence-electron chi connectivity index (χ1n) is 10.9. The Morgan fingerprint density at radius 2 is 2.18 bits per heavy atom. The zero-order chi connectivity index (χ0) is 22.9. The third-order valence-electron chi connectivity index (χ3n) is 5.83. The van der Waals surface area contributed by atoms with Gasteiger partial charge in [0, 0.05) is 41.9 Å². The molecule has 33 heavy (non-hydrogen) atoms. The Bertz CT molecular complexity index is 1230. The van der Waals surface area contributed by atoms with Gasteiger partial charge < -0.3 is 25.3 Å². The molecule has 1 unspecified atom stereocenters. The topological polar surface area (TPSA) is 121 Å². The predicted octanol–water partition coefficient (Wildman–Crippen LogP) is 3.72. The van der Waals surface area contributed by atoms with E-state index in [0.29, 0.717) is 67.0 Å². The van der Waals surface area contributed by atoms with E-state index < -0.39 is 11.9 Å². The second kappa shape index (κ2) is 8.70. The first-order chi connectivity index (χ1) is 16.0. The molecular formula is C23H24FN5O4. The zero-order valence-corrected chi connectivity index (χ0v) is 18.1. The van der Waals surface area contributed by atoms with Crippen molar-refractivity contribution < 1.29 is 23.4 Å². The molecule has 1 amide bonds. The van der Waals surface area contributed by atoms with E-state index in [2.05, 4.69) is 20.6 Å². The van der Waals surface area contributed by atoms with E-state index in [9.17, 15) is 4.79 Å². The van der Waals surface area contributed by atoms with E-state index in [1.54, 1.807) is 18.3 Å². The third kappa shape index (κ3) is 3.97. The Hall–Kier alpha value is -3.66. The van der Waals surface area contributed by atoms with Crippen molar-refractivity contribution in [1.29, 1.82) is 0 Å². The zero-order valence-electron chi connectivity index (χ0n) is 18.1. The van der Waals surface area contributed by atoms with Gasteiger partial charge >= 0.3 is 6.09 Å². The van der Waals surface area contributed by atoms with E-state index in [1.807, 2.05) is 6.92 Å². The maximum Gasteiger partial charge on any atom is 0.413 e. The highest BCUT2D eigenvalue weighted by Crippen LogP contribution is 2.40. The second-order valence-corrected chi connectivity index (χ2v) is 7.92. The van der Waals surface area contributed by atoms with Crippen LogP contribution in [0.25, 0.3) is 21.9 Å². The minimum absolute atomic E-state index is 0.0174. The van der Waals surface area contributed by atoms with Gasteiger partial charge in [-0.1, -0.05) is 6.92 Å². The quantitative estimate of drug-likeness (QED) is 0.511. The van der Waals surface area contributed by atoms with E-state index in [1.165, 1.54) is 6.20 Å². The summed E-state index contributed by atoms with van der Waals surface area (Å²) in [6.07, 6.45) is 3.46. The van der Waals surface area contributed by atoms with Gasteiger partial charge in [-0.3, -0.25) is 5.32 Å². The summed E-state index contributed by atoms with van der Waals surface area (Å²) in [4.78, 5) is 20.8. The summed E-state index contributed by atoms with van der Waals surface area (Å²) in [5.74, 6) is 0.245. The number of pyridine rings is 2. The lowest BCUT2D eigenvalue weighted by Crippen LogP contribution is -2.22. The molecule has 0 bridgehead atoms. The number of anilines is 3. The van der Waals surface area contributed by atoms with Gasteiger partial charge in [-0.15, -0.1) is 0 Å². The molecule has 1 atom stereocenters. The molecule has 172 valence electrons. The SMILES string of the molecule is CCc1c(-c2cc3cc(NC(=O)OC4CCOC4)ncc3c(N)c2F)cnc2c1NCCO2. The number of hydrogen-bond acceptors (Lipinski definition) is 8. The van der Waals surface area contributed by atoms with E-state index >= 15 is 4.39 Å². The van der Waals surface area contributed by atoms with Crippen LogP contribution < -0.4 is 21.1 Å². The molecule has 2 aromatic heterocycles. The predicted molar refractivity (Wildman–Crippen MR) is 122 cm³/mol. The smallest absolute Gasteiger partial charge is 0.413 e. The lowest BCUT2D eigenvalue weighted by molar-refractivity contribution is 0.0931. The van der Waals surface area contributed by atoms with Crippen LogP contribution in [0, 0.1) is 5.82 Å². The molecule has 0 spiro atoms. The molecule has 0 radical (unpaired) electrons. The van der Waals surface area contributed by atoms with Gasteiger partial charge in [0.15, 0.2) is 5.82 Å². The lowest BCUT2D eigenvalue weighted by Gasteiger charge is -2.23. The summed E-state index contributed by atoms with van der Waals surface area (Å²) in [5.41, 5.74) is 8.75. The van der Waals surface area contributed by atoms with Crippen LogP contribution in [0.1, 0.15) is 18.9 Å². The van der Waals surface area contributed by atoms with Crippen LogP contribution in [-0.4, -0.2) is 48.5 Å². The highest BCUT2D eigenvalue weighted by Gasteiger charge is 2.23. The van der Waals surface area contributed by atoms with Crippen LogP contribution in [0.2, 0.25) is 0 Å². The van der Waals surface area contributed by atoms with Gasteiger partial charge in [-0.25, -0.2) is 19.2 Å². The number of aromatic nitrogens is 2. The standard InChI is InChI=1S/C23H24FN5O4/c1-2-14-17(10-28-22-21(14)26-4-6-32-22)15-7-12-8-18(27-9-16(12)20(25)19(15)24)29-23(30)33-13-3-5-31-11-13/h7-10,13,26H,2-6,11,25H2,1H3,(H,27,29,30). The van der Waals surface area contributed by atoms with E-state index in [-0.39, 0.29) is 17.6 Å². The number of nitrogens with two attached hydrogens (primary N) is 1. The fraction of sp³-hybridized carbons (Fsp3) is 0.348. The van der Waals surface area contributed by atoms with Crippen LogP contribution in [0.15, 0.2) is 24.5 Å². The molecule has 1 saturated heterocycles. The number of ether oxygens (including phenoxy) is 3. The molecule has 1 fully saturated rings. The molecule has 2 aliphatic rings. The minimum atomic E-state index is -0.620. The minimum Gasteiger partial charge on any atom is -0.474 e. The number of amides is 1. The van der Waals surface area contributed by atoms with Crippen molar-refractivity contribution in [3.8, 4) is 17.0 Å². The van der Waals surface area contributed by atoms with Gasteiger partial charge in [0.25, 0.3) is 0 Å².